The van der Waals surface area contributed by atoms with Crippen molar-refractivity contribution in [3.8, 4) is 0 Å². The van der Waals surface area contributed by atoms with E-state index in [0.29, 0.717) is 22.6 Å². The number of fused-ring (bicyclic) bond motifs is 1. The number of hydrogen-bond donors (Lipinski definition) is 1. The molecule has 4 rings (SSSR count). The fourth-order valence-electron chi connectivity index (χ4n) is 3.24. The quantitative estimate of drug-likeness (QED) is 0.612. The van der Waals surface area contributed by atoms with E-state index in [1.807, 2.05) is 43.3 Å². The number of anilines is 1. The fourth-order valence-corrected chi connectivity index (χ4v) is 3.37. The third-order valence-corrected chi connectivity index (χ3v) is 5.05. The van der Waals surface area contributed by atoms with Crippen molar-refractivity contribution >= 4 is 29.2 Å². The third-order valence-electron chi connectivity index (χ3n) is 4.79. The number of cyclic esters (lactones) is 1. The molecule has 1 amide bonds. The normalized spacial score (nSPS) is 15.5. The largest absolute Gasteiger partial charge is 0.454 e. The highest BCUT2D eigenvalue weighted by Crippen LogP contribution is 2.31. The number of rotatable bonds is 3. The lowest BCUT2D eigenvalue weighted by atomic mass is 9.93. The van der Waals surface area contributed by atoms with Gasteiger partial charge in [0.2, 0.25) is 0 Å². The van der Waals surface area contributed by atoms with E-state index in [-0.39, 0.29) is 11.9 Å². The Morgan fingerprint density at radius 3 is 2.46 bits per heavy atom. The molecular formula is C23H18ClNO3. The molecule has 0 fully saturated rings. The molecule has 1 atom stereocenters. The number of amides is 1. The number of aryl methyl sites for hydroxylation is 1. The van der Waals surface area contributed by atoms with E-state index in [1.54, 1.807) is 30.3 Å². The molecule has 0 spiro atoms. The van der Waals surface area contributed by atoms with Gasteiger partial charge in [0, 0.05) is 22.7 Å². The second-order valence-electron chi connectivity index (χ2n) is 6.84. The molecule has 0 unspecified atom stereocenters. The summed E-state index contributed by atoms with van der Waals surface area (Å²) in [5.74, 6) is -0.597. The Bertz CT molecular complexity index is 1040. The first kappa shape index (κ1) is 18.3. The minimum Gasteiger partial charge on any atom is -0.454 e. The zero-order valence-corrected chi connectivity index (χ0v) is 16.0. The number of hydrogen-bond acceptors (Lipinski definition) is 3. The lowest BCUT2D eigenvalue weighted by Gasteiger charge is -2.25. The van der Waals surface area contributed by atoms with Crippen LogP contribution in [0.2, 0.25) is 5.02 Å². The van der Waals surface area contributed by atoms with Crippen molar-refractivity contribution in [1.82, 2.24) is 0 Å². The Morgan fingerprint density at radius 1 is 1.04 bits per heavy atom. The first-order valence-electron chi connectivity index (χ1n) is 8.97. The molecule has 1 N–H and O–H groups in total. The summed E-state index contributed by atoms with van der Waals surface area (Å²) in [6, 6.07) is 19.9. The van der Waals surface area contributed by atoms with Crippen LogP contribution in [-0.2, 0) is 11.2 Å². The Kier molecular flexibility index (Phi) is 4.88. The van der Waals surface area contributed by atoms with E-state index in [0.717, 1.165) is 22.4 Å². The van der Waals surface area contributed by atoms with Crippen molar-refractivity contribution in [2.24, 2.45) is 0 Å². The topological polar surface area (TPSA) is 55.4 Å². The van der Waals surface area contributed by atoms with Crippen molar-refractivity contribution < 1.29 is 14.3 Å². The number of carbonyl (C=O) groups excluding carboxylic acids is 2. The maximum atomic E-state index is 12.6. The zero-order chi connectivity index (χ0) is 19.7. The first-order valence-corrected chi connectivity index (χ1v) is 9.35. The summed E-state index contributed by atoms with van der Waals surface area (Å²) < 4.78 is 5.56. The van der Waals surface area contributed by atoms with Gasteiger partial charge in [-0.15, -0.1) is 0 Å². The van der Waals surface area contributed by atoms with Crippen LogP contribution >= 0.6 is 11.6 Å². The molecule has 3 aromatic carbocycles. The minimum absolute atomic E-state index is 0.214. The number of esters is 1. The Labute approximate surface area is 168 Å². The van der Waals surface area contributed by atoms with Crippen LogP contribution in [0.4, 0.5) is 5.69 Å². The minimum atomic E-state index is -0.396. The average Bonchev–Trinajstić information content (AvgIpc) is 2.69. The van der Waals surface area contributed by atoms with Crippen molar-refractivity contribution in [1.29, 1.82) is 0 Å². The SMILES string of the molecule is Cc1ccc(NC(=O)c2ccc3c(c2)C[C@H](c2ccc(Cl)cc2)OC3=O)cc1. The second-order valence-corrected chi connectivity index (χ2v) is 7.28. The summed E-state index contributed by atoms with van der Waals surface area (Å²) in [6.07, 6.45) is 0.113. The summed E-state index contributed by atoms with van der Waals surface area (Å²) >= 11 is 5.94. The molecule has 0 radical (unpaired) electrons. The monoisotopic (exact) mass is 391 g/mol. The van der Waals surface area contributed by atoms with Gasteiger partial charge in [0.15, 0.2) is 0 Å². The van der Waals surface area contributed by atoms with E-state index < -0.39 is 6.10 Å². The highest BCUT2D eigenvalue weighted by atomic mass is 35.5. The number of carbonyl (C=O) groups is 2. The molecule has 0 saturated heterocycles. The van der Waals surface area contributed by atoms with Gasteiger partial charge < -0.3 is 10.1 Å². The van der Waals surface area contributed by atoms with Crippen molar-refractivity contribution in [3.63, 3.8) is 0 Å². The van der Waals surface area contributed by atoms with Gasteiger partial charge in [-0.2, -0.15) is 0 Å². The van der Waals surface area contributed by atoms with Gasteiger partial charge >= 0.3 is 5.97 Å². The first-order chi connectivity index (χ1) is 13.5. The molecule has 0 saturated carbocycles. The van der Waals surface area contributed by atoms with Crippen LogP contribution < -0.4 is 5.32 Å². The molecule has 4 nitrogen and oxygen atoms in total. The van der Waals surface area contributed by atoms with Gasteiger partial charge in [0.25, 0.3) is 5.91 Å². The van der Waals surface area contributed by atoms with Crippen LogP contribution in [0, 0.1) is 6.92 Å². The van der Waals surface area contributed by atoms with Crippen molar-refractivity contribution in [2.75, 3.05) is 5.32 Å². The summed E-state index contributed by atoms with van der Waals surface area (Å²) in [5.41, 5.74) is 4.52. The van der Waals surface area contributed by atoms with Gasteiger partial charge in [0.05, 0.1) is 5.56 Å². The molecule has 3 aromatic rings. The molecule has 1 aliphatic rings. The van der Waals surface area contributed by atoms with Gasteiger partial charge in [-0.05, 0) is 60.5 Å². The van der Waals surface area contributed by atoms with Crippen LogP contribution in [0.5, 0.6) is 0 Å². The number of benzene rings is 3. The van der Waals surface area contributed by atoms with E-state index in [1.165, 1.54) is 0 Å². The molecule has 0 bridgehead atoms. The second kappa shape index (κ2) is 7.49. The molecule has 1 aliphatic heterocycles. The Balaban J connectivity index is 1.57. The lowest BCUT2D eigenvalue weighted by Crippen LogP contribution is -2.23. The maximum Gasteiger partial charge on any atom is 0.339 e. The Morgan fingerprint density at radius 2 is 1.75 bits per heavy atom. The van der Waals surface area contributed by atoms with E-state index in [4.69, 9.17) is 16.3 Å². The van der Waals surface area contributed by atoms with Crippen molar-refractivity contribution in [3.05, 3.63) is 99.6 Å². The van der Waals surface area contributed by atoms with Crippen LogP contribution in [0.25, 0.3) is 0 Å². The third kappa shape index (κ3) is 3.78. The number of ether oxygens (including phenoxy) is 1. The molecular weight excluding hydrogens is 374 g/mol. The predicted molar refractivity (Wildman–Crippen MR) is 109 cm³/mol. The number of halogens is 1. The summed E-state index contributed by atoms with van der Waals surface area (Å²) in [5, 5.41) is 3.51. The van der Waals surface area contributed by atoms with Crippen LogP contribution in [0.15, 0.2) is 66.7 Å². The standard InChI is InChI=1S/C23H18ClNO3/c1-14-2-9-19(10-3-14)25-22(26)16-6-11-20-17(12-16)13-21(28-23(20)27)15-4-7-18(24)8-5-15/h2-12,21H,13H2,1H3,(H,25,26)/t21-/m1/s1. The van der Waals surface area contributed by atoms with Gasteiger partial charge in [0.1, 0.15) is 6.10 Å². The van der Waals surface area contributed by atoms with Gasteiger partial charge in [-0.25, -0.2) is 4.79 Å². The highest BCUT2D eigenvalue weighted by Gasteiger charge is 2.28. The molecule has 5 heteroatoms. The van der Waals surface area contributed by atoms with Crippen LogP contribution in [-0.4, -0.2) is 11.9 Å². The van der Waals surface area contributed by atoms with Crippen LogP contribution in [0.3, 0.4) is 0 Å². The van der Waals surface area contributed by atoms with E-state index >= 15 is 0 Å². The van der Waals surface area contributed by atoms with Crippen molar-refractivity contribution in [2.45, 2.75) is 19.4 Å². The summed E-state index contributed by atoms with van der Waals surface area (Å²) in [6.45, 7) is 1.99. The van der Waals surface area contributed by atoms with E-state index in [2.05, 4.69) is 5.32 Å². The van der Waals surface area contributed by atoms with Crippen LogP contribution in [0.1, 0.15) is 43.5 Å². The summed E-state index contributed by atoms with van der Waals surface area (Å²) in [7, 11) is 0. The van der Waals surface area contributed by atoms with Gasteiger partial charge in [-0.3, -0.25) is 4.79 Å². The molecule has 0 aliphatic carbocycles. The van der Waals surface area contributed by atoms with Gasteiger partial charge in [-0.1, -0.05) is 41.4 Å². The highest BCUT2D eigenvalue weighted by molar-refractivity contribution is 6.30. The zero-order valence-electron chi connectivity index (χ0n) is 15.2. The lowest BCUT2D eigenvalue weighted by molar-refractivity contribution is 0.0252. The fraction of sp³-hybridized carbons (Fsp3) is 0.130. The Hall–Kier alpha value is -3.11. The molecule has 140 valence electrons. The smallest absolute Gasteiger partial charge is 0.339 e. The maximum absolute atomic E-state index is 12.6. The molecule has 0 aromatic heterocycles. The number of nitrogens with one attached hydrogen (secondary N) is 1. The van der Waals surface area contributed by atoms with E-state index in [9.17, 15) is 9.59 Å². The average molecular weight is 392 g/mol. The molecule has 1 heterocycles. The predicted octanol–water partition coefficient (Wildman–Crippen LogP) is 5.35. The molecule has 28 heavy (non-hydrogen) atoms. The summed E-state index contributed by atoms with van der Waals surface area (Å²) in [4.78, 5) is 25.0.